The molecule has 0 aliphatic rings. The quantitative estimate of drug-likeness (QED) is 0.180. The molecule has 0 aliphatic carbocycles. The van der Waals surface area contributed by atoms with Gasteiger partial charge in [-0.3, -0.25) is 0 Å². The SMILES string of the molecule is Nc1ccccc1OCCOCCOCCOCCCCCCI. The van der Waals surface area contributed by atoms with Gasteiger partial charge in [0.25, 0.3) is 0 Å². The van der Waals surface area contributed by atoms with E-state index in [-0.39, 0.29) is 0 Å². The first-order valence-electron chi connectivity index (χ1n) is 8.61. The molecule has 6 heteroatoms. The summed E-state index contributed by atoms with van der Waals surface area (Å²) in [5, 5.41) is 0. The second kappa shape index (κ2) is 15.9. The molecule has 1 rings (SSSR count). The molecule has 0 bridgehead atoms. The van der Waals surface area contributed by atoms with Gasteiger partial charge in [0.2, 0.25) is 0 Å². The van der Waals surface area contributed by atoms with E-state index in [0.29, 0.717) is 51.1 Å². The number of para-hydroxylation sites is 2. The van der Waals surface area contributed by atoms with Gasteiger partial charge in [0.1, 0.15) is 12.4 Å². The Morgan fingerprint density at radius 1 is 0.708 bits per heavy atom. The number of ether oxygens (including phenoxy) is 4. The molecule has 0 spiro atoms. The first kappa shape index (κ1) is 21.5. The topological polar surface area (TPSA) is 62.9 Å². The molecule has 0 atom stereocenters. The molecule has 5 nitrogen and oxygen atoms in total. The van der Waals surface area contributed by atoms with Crippen molar-refractivity contribution < 1.29 is 18.9 Å². The van der Waals surface area contributed by atoms with Gasteiger partial charge in [-0.15, -0.1) is 0 Å². The summed E-state index contributed by atoms with van der Waals surface area (Å²) in [7, 11) is 0. The molecule has 1 aromatic carbocycles. The smallest absolute Gasteiger partial charge is 0.142 e. The Hall–Kier alpha value is -0.570. The monoisotopic (exact) mass is 451 g/mol. The van der Waals surface area contributed by atoms with Crippen molar-refractivity contribution in [2.75, 3.05) is 56.4 Å². The van der Waals surface area contributed by atoms with Crippen molar-refractivity contribution in [1.82, 2.24) is 0 Å². The molecular weight excluding hydrogens is 421 g/mol. The highest BCUT2D eigenvalue weighted by Gasteiger charge is 1.98. The van der Waals surface area contributed by atoms with Gasteiger partial charge in [-0.05, 0) is 29.4 Å². The van der Waals surface area contributed by atoms with Crippen LogP contribution in [0, 0.1) is 0 Å². The molecule has 0 radical (unpaired) electrons. The Bertz CT molecular complexity index is 406. The van der Waals surface area contributed by atoms with Crippen molar-refractivity contribution in [3.63, 3.8) is 0 Å². The minimum atomic E-state index is 0.481. The summed E-state index contributed by atoms with van der Waals surface area (Å²) in [6, 6.07) is 7.44. The number of hydrogen-bond acceptors (Lipinski definition) is 5. The number of halogens is 1. The maximum Gasteiger partial charge on any atom is 0.142 e. The largest absolute Gasteiger partial charge is 0.489 e. The lowest BCUT2D eigenvalue weighted by Gasteiger charge is -2.09. The van der Waals surface area contributed by atoms with Gasteiger partial charge in [0.15, 0.2) is 0 Å². The van der Waals surface area contributed by atoms with E-state index < -0.39 is 0 Å². The fraction of sp³-hybridized carbons (Fsp3) is 0.667. The molecule has 0 aliphatic heterocycles. The standard InChI is InChI=1S/C18H30INO4/c19-9-5-1-2-6-10-21-11-12-22-13-14-23-15-16-24-18-8-4-3-7-17(18)20/h3-4,7-8H,1-2,5-6,9-16,20H2. The number of nitrogen functional groups attached to an aromatic ring is 1. The first-order chi connectivity index (χ1) is 11.8. The summed E-state index contributed by atoms with van der Waals surface area (Å²) < 4.78 is 23.2. The Morgan fingerprint density at radius 3 is 1.96 bits per heavy atom. The van der Waals surface area contributed by atoms with E-state index in [0.717, 1.165) is 13.0 Å². The molecule has 0 heterocycles. The van der Waals surface area contributed by atoms with Crippen molar-refractivity contribution >= 4 is 28.3 Å². The van der Waals surface area contributed by atoms with E-state index in [1.165, 1.54) is 23.7 Å². The summed E-state index contributed by atoms with van der Waals surface area (Å²) in [5.74, 6) is 0.698. The number of anilines is 1. The summed E-state index contributed by atoms with van der Waals surface area (Å²) >= 11 is 2.42. The average molecular weight is 451 g/mol. The molecule has 0 aromatic heterocycles. The highest BCUT2D eigenvalue weighted by Crippen LogP contribution is 2.19. The summed E-state index contributed by atoms with van der Waals surface area (Å²) in [6.45, 7) is 4.24. The third kappa shape index (κ3) is 11.9. The molecule has 24 heavy (non-hydrogen) atoms. The summed E-state index contributed by atoms with van der Waals surface area (Å²) in [5.41, 5.74) is 6.43. The maximum atomic E-state index is 5.78. The number of rotatable bonds is 16. The van der Waals surface area contributed by atoms with Gasteiger partial charge < -0.3 is 24.7 Å². The lowest BCUT2D eigenvalue weighted by molar-refractivity contribution is 0.00883. The summed E-state index contributed by atoms with van der Waals surface area (Å²) in [4.78, 5) is 0. The van der Waals surface area contributed by atoms with Crippen LogP contribution in [0.4, 0.5) is 5.69 Å². The summed E-state index contributed by atoms with van der Waals surface area (Å²) in [6.07, 6.45) is 5.02. The first-order valence-corrected chi connectivity index (χ1v) is 10.1. The molecular formula is C18H30INO4. The van der Waals surface area contributed by atoms with Crippen LogP contribution in [-0.2, 0) is 14.2 Å². The lowest BCUT2D eigenvalue weighted by Crippen LogP contribution is -2.13. The minimum absolute atomic E-state index is 0.481. The zero-order valence-corrected chi connectivity index (χ0v) is 16.5. The van der Waals surface area contributed by atoms with Crippen LogP contribution in [0.15, 0.2) is 24.3 Å². The van der Waals surface area contributed by atoms with Crippen LogP contribution in [0.3, 0.4) is 0 Å². The molecule has 0 fully saturated rings. The van der Waals surface area contributed by atoms with E-state index in [1.54, 1.807) is 0 Å². The van der Waals surface area contributed by atoms with Crippen molar-refractivity contribution in [3.8, 4) is 5.75 Å². The maximum absolute atomic E-state index is 5.78. The molecule has 0 amide bonds. The highest BCUT2D eigenvalue weighted by atomic mass is 127. The fourth-order valence-corrected chi connectivity index (χ4v) is 2.56. The zero-order valence-electron chi connectivity index (χ0n) is 14.4. The van der Waals surface area contributed by atoms with Gasteiger partial charge in [-0.25, -0.2) is 0 Å². The molecule has 0 saturated carbocycles. The van der Waals surface area contributed by atoms with E-state index >= 15 is 0 Å². The average Bonchev–Trinajstić information content (AvgIpc) is 2.60. The second-order valence-corrected chi connectivity index (χ2v) is 6.41. The van der Waals surface area contributed by atoms with Crippen LogP contribution in [-0.4, -0.2) is 50.7 Å². The van der Waals surface area contributed by atoms with Crippen LogP contribution in [0.1, 0.15) is 25.7 Å². The third-order valence-electron chi connectivity index (χ3n) is 3.32. The van der Waals surface area contributed by atoms with Crippen molar-refractivity contribution in [3.05, 3.63) is 24.3 Å². The lowest BCUT2D eigenvalue weighted by atomic mass is 10.2. The number of alkyl halides is 1. The highest BCUT2D eigenvalue weighted by molar-refractivity contribution is 14.1. The molecule has 0 saturated heterocycles. The second-order valence-electron chi connectivity index (χ2n) is 5.33. The molecule has 1 aromatic rings. The number of nitrogens with two attached hydrogens (primary N) is 1. The zero-order chi connectivity index (χ0) is 17.3. The van der Waals surface area contributed by atoms with Crippen molar-refractivity contribution in [2.24, 2.45) is 0 Å². The van der Waals surface area contributed by atoms with Gasteiger partial charge in [0, 0.05) is 6.61 Å². The van der Waals surface area contributed by atoms with Gasteiger partial charge >= 0.3 is 0 Å². The third-order valence-corrected chi connectivity index (χ3v) is 4.08. The van der Waals surface area contributed by atoms with Crippen molar-refractivity contribution in [1.29, 1.82) is 0 Å². The van der Waals surface area contributed by atoms with Crippen LogP contribution in [0.2, 0.25) is 0 Å². The van der Waals surface area contributed by atoms with Gasteiger partial charge in [-0.2, -0.15) is 0 Å². The van der Waals surface area contributed by atoms with Gasteiger partial charge in [0.05, 0.1) is 38.7 Å². The van der Waals surface area contributed by atoms with Crippen LogP contribution in [0.25, 0.3) is 0 Å². The number of benzene rings is 1. The minimum Gasteiger partial charge on any atom is -0.489 e. The Morgan fingerprint density at radius 2 is 1.29 bits per heavy atom. The van der Waals surface area contributed by atoms with E-state index in [1.807, 2.05) is 24.3 Å². The van der Waals surface area contributed by atoms with Crippen molar-refractivity contribution in [2.45, 2.75) is 25.7 Å². The molecule has 0 unspecified atom stereocenters. The number of hydrogen-bond donors (Lipinski definition) is 1. The predicted octanol–water partition coefficient (Wildman–Crippen LogP) is 3.69. The number of unbranched alkanes of at least 4 members (excludes halogenated alkanes) is 3. The molecule has 2 N–H and O–H groups in total. The predicted molar refractivity (Wildman–Crippen MR) is 106 cm³/mol. The van der Waals surface area contributed by atoms with Crippen LogP contribution >= 0.6 is 22.6 Å². The van der Waals surface area contributed by atoms with Crippen LogP contribution < -0.4 is 10.5 Å². The van der Waals surface area contributed by atoms with E-state index in [2.05, 4.69) is 22.6 Å². The van der Waals surface area contributed by atoms with Crippen LogP contribution in [0.5, 0.6) is 5.75 Å². The Labute approximate surface area is 159 Å². The van der Waals surface area contributed by atoms with Gasteiger partial charge in [-0.1, -0.05) is 47.6 Å². The Balaban J connectivity index is 1.77. The molecule has 138 valence electrons. The Kier molecular flexibility index (Phi) is 14.3. The fourth-order valence-electron chi connectivity index (χ4n) is 2.02. The van der Waals surface area contributed by atoms with E-state index in [9.17, 15) is 0 Å². The van der Waals surface area contributed by atoms with E-state index in [4.69, 9.17) is 24.7 Å². The normalized spacial score (nSPS) is 10.9.